The summed E-state index contributed by atoms with van der Waals surface area (Å²) in [4.78, 5) is 32.0. The van der Waals surface area contributed by atoms with Crippen molar-refractivity contribution in [2.75, 3.05) is 13.7 Å². The van der Waals surface area contributed by atoms with E-state index in [0.29, 0.717) is 22.9 Å². The summed E-state index contributed by atoms with van der Waals surface area (Å²) in [6.07, 6.45) is 1.34. The van der Waals surface area contributed by atoms with Crippen LogP contribution in [0.25, 0.3) is 0 Å². The molecule has 0 spiro atoms. The molecule has 0 radical (unpaired) electrons. The number of ether oxygens (including phenoxy) is 1. The summed E-state index contributed by atoms with van der Waals surface area (Å²) in [5, 5.41) is 13.6. The number of nitrogens with one attached hydrogen (secondary N) is 1. The van der Waals surface area contributed by atoms with Crippen LogP contribution in [0.1, 0.15) is 29.9 Å². The Balaban J connectivity index is 0.000000412. The van der Waals surface area contributed by atoms with Crippen molar-refractivity contribution >= 4 is 29.2 Å². The van der Waals surface area contributed by atoms with Gasteiger partial charge < -0.3 is 14.6 Å². The number of hydrogen-bond donors (Lipinski definition) is 1. The van der Waals surface area contributed by atoms with Gasteiger partial charge in [-0.25, -0.2) is 4.79 Å². The highest BCUT2D eigenvalue weighted by molar-refractivity contribution is 6.30. The second kappa shape index (κ2) is 10.2. The van der Waals surface area contributed by atoms with Gasteiger partial charge in [0.25, 0.3) is 5.69 Å². The highest BCUT2D eigenvalue weighted by Gasteiger charge is 2.16. The molecule has 0 saturated heterocycles. The topological polar surface area (TPSA) is 103 Å². The smallest absolute Gasteiger partial charge is 0.406 e. The number of aromatic nitrogens is 1. The molecule has 2 aromatic rings. The quantitative estimate of drug-likeness (QED) is 0.483. The van der Waals surface area contributed by atoms with Gasteiger partial charge in [-0.15, -0.1) is 0 Å². The second-order valence-corrected chi connectivity index (χ2v) is 5.51. The molecule has 9 heteroatoms. The SMILES string of the molecule is CC(=O)c1cccn1Cc1ccc(Cl)cc1[N+](=O)[O-].CCOC(=O)NC. The largest absolute Gasteiger partial charge is 0.450 e. The average Bonchev–Trinajstić information content (AvgIpc) is 3.05. The van der Waals surface area contributed by atoms with Gasteiger partial charge in [0, 0.05) is 36.8 Å². The number of benzene rings is 1. The zero-order valence-electron chi connectivity index (χ0n) is 14.7. The molecular formula is C17H20ClN3O5. The molecule has 0 atom stereocenters. The van der Waals surface area contributed by atoms with Crippen LogP contribution >= 0.6 is 11.6 Å². The van der Waals surface area contributed by atoms with Gasteiger partial charge in [0.05, 0.1) is 23.8 Å². The Kier molecular flexibility index (Phi) is 8.30. The van der Waals surface area contributed by atoms with E-state index >= 15 is 0 Å². The van der Waals surface area contributed by atoms with E-state index < -0.39 is 4.92 Å². The number of halogens is 1. The predicted octanol–water partition coefficient (Wildman–Crippen LogP) is 3.66. The Morgan fingerprint density at radius 2 is 2.04 bits per heavy atom. The van der Waals surface area contributed by atoms with Gasteiger partial charge in [0.2, 0.25) is 0 Å². The molecule has 1 heterocycles. The molecule has 0 saturated carbocycles. The van der Waals surface area contributed by atoms with Crippen LogP contribution < -0.4 is 5.32 Å². The van der Waals surface area contributed by atoms with E-state index in [0.717, 1.165) is 0 Å². The van der Waals surface area contributed by atoms with Crippen molar-refractivity contribution < 1.29 is 19.2 Å². The maximum absolute atomic E-state index is 11.4. The van der Waals surface area contributed by atoms with Crippen molar-refractivity contribution in [3.05, 3.63) is 62.9 Å². The lowest BCUT2D eigenvalue weighted by atomic mass is 10.1. The van der Waals surface area contributed by atoms with Crippen LogP contribution in [0.2, 0.25) is 5.02 Å². The third kappa shape index (κ3) is 6.21. The lowest BCUT2D eigenvalue weighted by molar-refractivity contribution is -0.385. The van der Waals surface area contributed by atoms with Crippen molar-refractivity contribution in [1.82, 2.24) is 9.88 Å². The molecule has 1 N–H and O–H groups in total. The maximum Gasteiger partial charge on any atom is 0.406 e. The standard InChI is InChI=1S/C13H11ClN2O3.C4H9NO2/c1-9(17)12-3-2-6-15(12)8-10-4-5-11(14)7-13(10)16(18)19;1-3-7-4(6)5-2/h2-7H,8H2,1H3;3H2,1-2H3,(H,5,6). The summed E-state index contributed by atoms with van der Waals surface area (Å²) in [5.41, 5.74) is 0.980. The molecular weight excluding hydrogens is 362 g/mol. The molecule has 0 bridgehead atoms. The molecule has 26 heavy (non-hydrogen) atoms. The summed E-state index contributed by atoms with van der Waals surface area (Å²) in [6.45, 7) is 3.91. The van der Waals surface area contributed by atoms with E-state index in [1.165, 1.54) is 20.0 Å². The third-order valence-corrected chi connectivity index (χ3v) is 3.49. The van der Waals surface area contributed by atoms with Crippen LogP contribution in [0.3, 0.4) is 0 Å². The summed E-state index contributed by atoms with van der Waals surface area (Å²) >= 11 is 5.76. The first-order chi connectivity index (χ1) is 12.3. The number of alkyl carbamates (subject to hydrolysis) is 1. The van der Waals surface area contributed by atoms with Crippen LogP contribution in [-0.4, -0.2) is 35.0 Å². The molecule has 140 valence electrons. The Labute approximate surface area is 155 Å². The molecule has 0 unspecified atom stereocenters. The molecule has 2 rings (SSSR count). The number of carbonyl (C=O) groups is 2. The Morgan fingerprint density at radius 3 is 2.54 bits per heavy atom. The van der Waals surface area contributed by atoms with Gasteiger partial charge in [-0.3, -0.25) is 14.9 Å². The lowest BCUT2D eigenvalue weighted by Gasteiger charge is -2.08. The van der Waals surface area contributed by atoms with E-state index in [4.69, 9.17) is 11.6 Å². The number of carbonyl (C=O) groups excluding carboxylic acids is 2. The summed E-state index contributed by atoms with van der Waals surface area (Å²) in [7, 11) is 1.53. The molecule has 0 fully saturated rings. The fraction of sp³-hybridized carbons (Fsp3) is 0.294. The van der Waals surface area contributed by atoms with Crippen LogP contribution in [0.4, 0.5) is 10.5 Å². The fourth-order valence-electron chi connectivity index (χ4n) is 2.10. The minimum absolute atomic E-state index is 0.0456. The van der Waals surface area contributed by atoms with Gasteiger partial charge >= 0.3 is 6.09 Å². The minimum atomic E-state index is -0.474. The van der Waals surface area contributed by atoms with E-state index in [-0.39, 0.29) is 24.1 Å². The van der Waals surface area contributed by atoms with E-state index in [2.05, 4.69) is 10.1 Å². The van der Waals surface area contributed by atoms with Gasteiger partial charge in [0.15, 0.2) is 5.78 Å². The van der Waals surface area contributed by atoms with Crippen LogP contribution in [0, 0.1) is 10.1 Å². The molecule has 1 aromatic carbocycles. The summed E-state index contributed by atoms with van der Waals surface area (Å²) in [5.74, 6) is -0.0818. The number of hydrogen-bond acceptors (Lipinski definition) is 5. The molecule has 0 aliphatic heterocycles. The van der Waals surface area contributed by atoms with Crippen molar-refractivity contribution in [3.8, 4) is 0 Å². The number of nitrogens with zero attached hydrogens (tertiary/aromatic N) is 2. The number of nitro benzene ring substituents is 1. The van der Waals surface area contributed by atoms with Crippen LogP contribution in [0.5, 0.6) is 0 Å². The number of nitro groups is 1. The van der Waals surface area contributed by atoms with Gasteiger partial charge in [-0.05, 0) is 31.2 Å². The van der Waals surface area contributed by atoms with Gasteiger partial charge in [0.1, 0.15) is 0 Å². The number of Topliss-reactive ketones (excluding diaryl/α,β-unsaturated/α-hetero) is 1. The average molecular weight is 382 g/mol. The van der Waals surface area contributed by atoms with E-state index in [9.17, 15) is 19.7 Å². The zero-order chi connectivity index (χ0) is 19.7. The van der Waals surface area contributed by atoms with E-state index in [1.54, 1.807) is 42.0 Å². The molecule has 0 aliphatic carbocycles. The highest BCUT2D eigenvalue weighted by atomic mass is 35.5. The normalized spacial score (nSPS) is 9.69. The van der Waals surface area contributed by atoms with Crippen molar-refractivity contribution in [2.45, 2.75) is 20.4 Å². The van der Waals surface area contributed by atoms with Crippen LogP contribution in [-0.2, 0) is 11.3 Å². The summed E-state index contributed by atoms with van der Waals surface area (Å²) < 4.78 is 6.12. The second-order valence-electron chi connectivity index (χ2n) is 5.08. The highest BCUT2D eigenvalue weighted by Crippen LogP contribution is 2.24. The minimum Gasteiger partial charge on any atom is -0.450 e. The zero-order valence-corrected chi connectivity index (χ0v) is 15.4. The summed E-state index contributed by atoms with van der Waals surface area (Å²) in [6, 6.07) is 7.93. The van der Waals surface area contributed by atoms with Gasteiger partial charge in [-0.2, -0.15) is 0 Å². The Bertz CT molecular complexity index is 788. The predicted molar refractivity (Wildman–Crippen MR) is 97.7 cm³/mol. The fourth-order valence-corrected chi connectivity index (χ4v) is 2.27. The molecule has 8 nitrogen and oxygen atoms in total. The van der Waals surface area contributed by atoms with Crippen molar-refractivity contribution in [2.24, 2.45) is 0 Å². The first kappa shape index (κ1) is 21.2. The molecule has 0 aliphatic rings. The lowest BCUT2D eigenvalue weighted by Crippen LogP contribution is -2.18. The number of rotatable bonds is 5. The Hall–Kier alpha value is -2.87. The first-order valence-corrected chi connectivity index (χ1v) is 8.11. The van der Waals surface area contributed by atoms with Gasteiger partial charge in [-0.1, -0.05) is 11.6 Å². The molecule has 1 amide bonds. The van der Waals surface area contributed by atoms with Crippen molar-refractivity contribution in [1.29, 1.82) is 0 Å². The Morgan fingerprint density at radius 1 is 1.35 bits per heavy atom. The van der Waals surface area contributed by atoms with E-state index in [1.807, 2.05) is 0 Å². The number of amides is 1. The molecule has 1 aromatic heterocycles. The number of ketones is 1. The maximum atomic E-state index is 11.4. The monoisotopic (exact) mass is 381 g/mol. The van der Waals surface area contributed by atoms with Crippen molar-refractivity contribution in [3.63, 3.8) is 0 Å². The first-order valence-electron chi connectivity index (χ1n) is 7.73. The third-order valence-electron chi connectivity index (χ3n) is 3.25. The van der Waals surface area contributed by atoms with Crippen LogP contribution in [0.15, 0.2) is 36.5 Å².